The molecule has 166 valence electrons. The molecule has 0 spiro atoms. The lowest BCUT2D eigenvalue weighted by Gasteiger charge is -2.38. The van der Waals surface area contributed by atoms with Gasteiger partial charge in [0.05, 0.1) is 17.1 Å². The highest BCUT2D eigenvalue weighted by Crippen LogP contribution is 2.32. The molecule has 0 aromatic heterocycles. The molecule has 0 aliphatic carbocycles. The minimum Gasteiger partial charge on any atom is -0.297 e. The Bertz CT molecular complexity index is 1010. The summed E-state index contributed by atoms with van der Waals surface area (Å²) >= 11 is 0. The normalized spacial score (nSPS) is 21.0. The molecule has 2 aromatic carbocycles. The van der Waals surface area contributed by atoms with Gasteiger partial charge in [0.25, 0.3) is 10.1 Å². The van der Waals surface area contributed by atoms with Crippen LogP contribution in [0.4, 0.5) is 0 Å². The van der Waals surface area contributed by atoms with E-state index in [0.29, 0.717) is 19.5 Å². The van der Waals surface area contributed by atoms with Crippen LogP contribution in [-0.2, 0) is 20.8 Å². The van der Waals surface area contributed by atoms with Gasteiger partial charge < -0.3 is 0 Å². The Morgan fingerprint density at radius 2 is 1.81 bits per heavy atom. The molecule has 7 heteroatoms. The van der Waals surface area contributed by atoms with Crippen LogP contribution in [-0.4, -0.2) is 43.6 Å². The van der Waals surface area contributed by atoms with Crippen molar-refractivity contribution in [3.8, 4) is 6.07 Å². The molecule has 0 saturated carbocycles. The SMILES string of the molecule is Cc1ccc(S(=O)(=O)O[C@@H]2C[C@@H]([C@@H](C#N)NCc3ccccc3)N(C(C)(C)C)C2)cc1. The second-order valence-electron chi connectivity index (χ2n) is 9.08. The van der Waals surface area contributed by atoms with Crippen molar-refractivity contribution in [3.05, 3.63) is 65.7 Å². The van der Waals surface area contributed by atoms with Crippen molar-refractivity contribution in [1.82, 2.24) is 10.2 Å². The summed E-state index contributed by atoms with van der Waals surface area (Å²) in [6.07, 6.45) is -0.0487. The van der Waals surface area contributed by atoms with Crippen LogP contribution in [0.3, 0.4) is 0 Å². The number of hydrogen-bond acceptors (Lipinski definition) is 6. The van der Waals surface area contributed by atoms with Crippen LogP contribution in [0.5, 0.6) is 0 Å². The molecule has 1 saturated heterocycles. The first-order valence-electron chi connectivity index (χ1n) is 10.5. The molecule has 0 unspecified atom stereocenters. The van der Waals surface area contributed by atoms with Crippen molar-refractivity contribution < 1.29 is 12.6 Å². The molecule has 1 aliphatic heterocycles. The maximum absolute atomic E-state index is 12.8. The second kappa shape index (κ2) is 9.49. The Hall–Kier alpha value is -2.24. The summed E-state index contributed by atoms with van der Waals surface area (Å²) in [5, 5.41) is 13.2. The average molecular weight is 442 g/mol. The first kappa shape index (κ1) is 23.4. The van der Waals surface area contributed by atoms with Gasteiger partial charge in [0, 0.05) is 24.7 Å². The van der Waals surface area contributed by atoms with Crippen molar-refractivity contribution >= 4 is 10.1 Å². The number of nitrogens with one attached hydrogen (secondary N) is 1. The maximum Gasteiger partial charge on any atom is 0.297 e. The summed E-state index contributed by atoms with van der Waals surface area (Å²) in [6.45, 7) is 9.14. The van der Waals surface area contributed by atoms with Crippen LogP contribution < -0.4 is 5.32 Å². The van der Waals surface area contributed by atoms with Gasteiger partial charge in [-0.25, -0.2) is 0 Å². The topological polar surface area (TPSA) is 82.4 Å². The van der Waals surface area contributed by atoms with Gasteiger partial charge in [-0.2, -0.15) is 13.7 Å². The van der Waals surface area contributed by atoms with Gasteiger partial charge >= 0.3 is 0 Å². The predicted molar refractivity (Wildman–Crippen MR) is 121 cm³/mol. The number of rotatable bonds is 7. The molecule has 0 amide bonds. The van der Waals surface area contributed by atoms with Gasteiger partial charge in [-0.3, -0.25) is 14.4 Å². The molecule has 3 rings (SSSR count). The van der Waals surface area contributed by atoms with E-state index in [1.807, 2.05) is 37.3 Å². The molecule has 1 N–H and O–H groups in total. The molecule has 1 fully saturated rings. The molecule has 6 nitrogen and oxygen atoms in total. The molecule has 31 heavy (non-hydrogen) atoms. The molecule has 3 atom stereocenters. The molecule has 1 aliphatic rings. The van der Waals surface area contributed by atoms with Crippen LogP contribution in [0.15, 0.2) is 59.5 Å². The van der Waals surface area contributed by atoms with E-state index in [4.69, 9.17) is 4.18 Å². The number of nitriles is 1. The van der Waals surface area contributed by atoms with E-state index in [0.717, 1.165) is 11.1 Å². The summed E-state index contributed by atoms with van der Waals surface area (Å²) < 4.78 is 31.2. The van der Waals surface area contributed by atoms with E-state index >= 15 is 0 Å². The van der Waals surface area contributed by atoms with Crippen molar-refractivity contribution in [3.63, 3.8) is 0 Å². The Labute approximate surface area is 186 Å². The quantitative estimate of drug-likeness (QED) is 0.661. The Morgan fingerprint density at radius 1 is 1.16 bits per heavy atom. The zero-order chi connectivity index (χ0) is 22.6. The third kappa shape index (κ3) is 5.92. The van der Waals surface area contributed by atoms with Crippen LogP contribution in [0, 0.1) is 18.3 Å². The summed E-state index contributed by atoms with van der Waals surface area (Å²) in [7, 11) is -3.87. The zero-order valence-electron chi connectivity index (χ0n) is 18.6. The monoisotopic (exact) mass is 441 g/mol. The van der Waals surface area contributed by atoms with E-state index in [-0.39, 0.29) is 16.5 Å². The van der Waals surface area contributed by atoms with Crippen LogP contribution >= 0.6 is 0 Å². The first-order chi connectivity index (χ1) is 14.6. The molecule has 1 heterocycles. The highest BCUT2D eigenvalue weighted by Gasteiger charge is 2.44. The summed E-state index contributed by atoms with van der Waals surface area (Å²) in [5.41, 5.74) is 1.85. The fraction of sp³-hybridized carbons (Fsp3) is 0.458. The lowest BCUT2D eigenvalue weighted by molar-refractivity contribution is 0.0995. The van der Waals surface area contributed by atoms with E-state index in [1.165, 1.54) is 0 Å². The van der Waals surface area contributed by atoms with Gasteiger partial charge in [0.2, 0.25) is 0 Å². The number of nitrogens with zero attached hydrogens (tertiary/aromatic N) is 2. The minimum atomic E-state index is -3.87. The van der Waals surface area contributed by atoms with E-state index < -0.39 is 22.3 Å². The summed E-state index contributed by atoms with van der Waals surface area (Å²) in [6, 6.07) is 18.3. The van der Waals surface area contributed by atoms with Crippen molar-refractivity contribution in [2.45, 2.75) is 69.3 Å². The van der Waals surface area contributed by atoms with E-state index in [1.54, 1.807) is 24.3 Å². The lowest BCUT2D eigenvalue weighted by Crippen LogP contribution is -2.52. The average Bonchev–Trinajstić information content (AvgIpc) is 3.13. The van der Waals surface area contributed by atoms with Crippen molar-refractivity contribution in [2.24, 2.45) is 0 Å². The van der Waals surface area contributed by atoms with Crippen LogP contribution in [0.2, 0.25) is 0 Å². The molecule has 0 radical (unpaired) electrons. The minimum absolute atomic E-state index is 0.155. The van der Waals surface area contributed by atoms with Gasteiger partial charge in [-0.1, -0.05) is 48.0 Å². The Balaban J connectivity index is 1.75. The molecular weight excluding hydrogens is 410 g/mol. The first-order valence-corrected chi connectivity index (χ1v) is 11.9. The lowest BCUT2D eigenvalue weighted by atomic mass is 10.00. The van der Waals surface area contributed by atoms with E-state index in [2.05, 4.69) is 37.1 Å². The summed E-state index contributed by atoms with van der Waals surface area (Å²) in [5.74, 6) is 0. The fourth-order valence-electron chi connectivity index (χ4n) is 4.01. The number of hydrogen-bond donors (Lipinski definition) is 1. The van der Waals surface area contributed by atoms with Gasteiger partial charge in [0.1, 0.15) is 6.04 Å². The van der Waals surface area contributed by atoms with Crippen LogP contribution in [0.25, 0.3) is 0 Å². The predicted octanol–water partition coefficient (Wildman–Crippen LogP) is 3.62. The molecular formula is C24H31N3O3S. The Morgan fingerprint density at radius 3 is 2.39 bits per heavy atom. The van der Waals surface area contributed by atoms with Crippen molar-refractivity contribution in [2.75, 3.05) is 6.54 Å². The third-order valence-electron chi connectivity index (χ3n) is 5.63. The third-order valence-corrected chi connectivity index (χ3v) is 7.01. The number of likely N-dealkylation sites (tertiary alicyclic amines) is 1. The smallest absolute Gasteiger partial charge is 0.297 e. The molecule has 2 aromatic rings. The summed E-state index contributed by atoms with van der Waals surface area (Å²) in [4.78, 5) is 2.33. The second-order valence-corrected chi connectivity index (χ2v) is 10.7. The van der Waals surface area contributed by atoms with Crippen LogP contribution in [0.1, 0.15) is 38.3 Å². The number of benzene rings is 2. The highest BCUT2D eigenvalue weighted by atomic mass is 32.2. The largest absolute Gasteiger partial charge is 0.297 e. The van der Waals surface area contributed by atoms with Gasteiger partial charge in [-0.05, 0) is 51.8 Å². The maximum atomic E-state index is 12.8. The molecule has 0 bridgehead atoms. The zero-order valence-corrected chi connectivity index (χ0v) is 19.4. The Kier molecular flexibility index (Phi) is 7.17. The van der Waals surface area contributed by atoms with Gasteiger partial charge in [0.15, 0.2) is 0 Å². The standard InChI is InChI=1S/C24H31N3O3S/c1-18-10-12-21(13-11-18)31(28,29)30-20-14-23(27(17-20)24(2,3)4)22(15-25)26-16-19-8-6-5-7-9-19/h5-13,20,22-23,26H,14,16-17H2,1-4H3/t20-,22-,23+/m1/s1. The van der Waals surface area contributed by atoms with Crippen molar-refractivity contribution in [1.29, 1.82) is 5.26 Å². The highest BCUT2D eigenvalue weighted by molar-refractivity contribution is 7.86. The van der Waals surface area contributed by atoms with E-state index in [9.17, 15) is 13.7 Å². The number of aryl methyl sites for hydroxylation is 1. The van der Waals surface area contributed by atoms with Gasteiger partial charge in [-0.15, -0.1) is 0 Å². The fourth-order valence-corrected chi connectivity index (χ4v) is 5.09.